The SMILES string of the molecule is C#C.CC(=O)N[C@@H]1CCN([C@@H](CCc2ccccc2)C(=O)O)C1=O.CCC. The van der Waals surface area contributed by atoms with E-state index in [4.69, 9.17) is 0 Å². The minimum absolute atomic E-state index is 0.281. The Labute approximate surface area is 161 Å². The van der Waals surface area contributed by atoms with E-state index < -0.39 is 18.1 Å². The van der Waals surface area contributed by atoms with Gasteiger partial charge in [0.15, 0.2) is 0 Å². The van der Waals surface area contributed by atoms with Crippen molar-refractivity contribution in [2.75, 3.05) is 6.54 Å². The summed E-state index contributed by atoms with van der Waals surface area (Å²) >= 11 is 0. The quantitative estimate of drug-likeness (QED) is 0.749. The van der Waals surface area contributed by atoms with E-state index in [0.29, 0.717) is 25.8 Å². The molecule has 1 fully saturated rings. The van der Waals surface area contributed by atoms with Crippen molar-refractivity contribution in [1.29, 1.82) is 0 Å². The number of likely N-dealkylation sites (tertiary alicyclic amines) is 1. The first kappa shape index (κ1) is 24.2. The lowest BCUT2D eigenvalue weighted by Gasteiger charge is -2.24. The van der Waals surface area contributed by atoms with Crippen molar-refractivity contribution in [2.24, 2.45) is 0 Å². The Morgan fingerprint density at radius 1 is 1.26 bits per heavy atom. The molecule has 148 valence electrons. The molecule has 2 rings (SSSR count). The second-order valence-corrected chi connectivity index (χ2v) is 6.16. The molecule has 0 saturated carbocycles. The van der Waals surface area contributed by atoms with Gasteiger partial charge < -0.3 is 15.3 Å². The predicted molar refractivity (Wildman–Crippen MR) is 106 cm³/mol. The number of rotatable bonds is 6. The van der Waals surface area contributed by atoms with E-state index in [9.17, 15) is 19.5 Å². The molecule has 1 saturated heterocycles. The Hall–Kier alpha value is -2.81. The molecule has 1 heterocycles. The Bertz CT molecular complexity index is 613. The van der Waals surface area contributed by atoms with Crippen LogP contribution in [0.5, 0.6) is 0 Å². The van der Waals surface area contributed by atoms with E-state index in [0.717, 1.165) is 5.56 Å². The number of nitrogens with one attached hydrogen (secondary N) is 1. The Kier molecular flexibility index (Phi) is 12.0. The lowest BCUT2D eigenvalue weighted by molar-refractivity contribution is -0.149. The van der Waals surface area contributed by atoms with Gasteiger partial charge in [0.05, 0.1) is 0 Å². The number of terminal acetylenes is 1. The van der Waals surface area contributed by atoms with E-state index in [-0.39, 0.29) is 11.8 Å². The number of aliphatic carboxylic acids is 1. The van der Waals surface area contributed by atoms with Gasteiger partial charge in [0.25, 0.3) is 0 Å². The van der Waals surface area contributed by atoms with Crippen LogP contribution < -0.4 is 5.32 Å². The van der Waals surface area contributed by atoms with Crippen LogP contribution in [0, 0.1) is 12.8 Å². The molecule has 27 heavy (non-hydrogen) atoms. The minimum atomic E-state index is -1.01. The fraction of sp³-hybridized carbons (Fsp3) is 0.476. The first-order valence-electron chi connectivity index (χ1n) is 9.08. The van der Waals surface area contributed by atoms with Crippen molar-refractivity contribution in [3.05, 3.63) is 35.9 Å². The van der Waals surface area contributed by atoms with Gasteiger partial charge in [0.1, 0.15) is 12.1 Å². The summed E-state index contributed by atoms with van der Waals surface area (Å²) in [6, 6.07) is 8.12. The number of carboxylic acids is 1. The van der Waals surface area contributed by atoms with Crippen molar-refractivity contribution < 1.29 is 19.5 Å². The summed E-state index contributed by atoms with van der Waals surface area (Å²) in [5.41, 5.74) is 1.04. The molecule has 0 bridgehead atoms. The fourth-order valence-corrected chi connectivity index (χ4v) is 2.75. The van der Waals surface area contributed by atoms with Gasteiger partial charge in [-0.2, -0.15) is 0 Å². The molecule has 0 aliphatic carbocycles. The van der Waals surface area contributed by atoms with Crippen LogP contribution in [0.3, 0.4) is 0 Å². The second kappa shape index (κ2) is 13.4. The predicted octanol–water partition coefficient (Wildman–Crippen LogP) is 2.48. The number of hydrogen-bond acceptors (Lipinski definition) is 3. The molecular weight excluding hydrogens is 344 g/mol. The van der Waals surface area contributed by atoms with E-state index in [1.54, 1.807) is 0 Å². The second-order valence-electron chi connectivity index (χ2n) is 6.16. The molecule has 1 aliphatic rings. The molecule has 1 aliphatic heterocycles. The normalized spacial score (nSPS) is 16.3. The lowest BCUT2D eigenvalue weighted by Crippen LogP contribution is -2.47. The standard InChI is InChI=1S/C16H20N2O4.C3H8.C2H2/c1-11(19)17-13-9-10-18(15(13)20)14(16(21)22)8-7-12-5-3-2-4-6-12;1-3-2;1-2/h2-6,13-14H,7-10H2,1H3,(H,17,19)(H,21,22);3H2,1-2H3;1-2H/t13-,14+;;/m1../s1. The smallest absolute Gasteiger partial charge is 0.326 e. The maximum absolute atomic E-state index is 12.2. The summed E-state index contributed by atoms with van der Waals surface area (Å²) in [7, 11) is 0. The monoisotopic (exact) mass is 374 g/mol. The van der Waals surface area contributed by atoms with Crippen LogP contribution in [0.4, 0.5) is 0 Å². The Morgan fingerprint density at radius 3 is 2.30 bits per heavy atom. The van der Waals surface area contributed by atoms with Crippen LogP contribution >= 0.6 is 0 Å². The number of hydrogen-bond donors (Lipinski definition) is 2. The third-order valence-electron chi connectivity index (χ3n) is 3.83. The Morgan fingerprint density at radius 2 is 1.81 bits per heavy atom. The number of carboxylic acid groups (broad SMARTS) is 1. The molecule has 6 heteroatoms. The van der Waals surface area contributed by atoms with Gasteiger partial charge in [-0.25, -0.2) is 4.79 Å². The van der Waals surface area contributed by atoms with Gasteiger partial charge in [-0.15, -0.1) is 12.8 Å². The van der Waals surface area contributed by atoms with Crippen LogP contribution in [0.25, 0.3) is 0 Å². The van der Waals surface area contributed by atoms with E-state index in [1.165, 1.54) is 18.2 Å². The highest BCUT2D eigenvalue weighted by atomic mass is 16.4. The number of aryl methyl sites for hydroxylation is 1. The third kappa shape index (κ3) is 8.41. The van der Waals surface area contributed by atoms with Crippen molar-refractivity contribution >= 4 is 17.8 Å². The van der Waals surface area contributed by atoms with Crippen LogP contribution in [0.2, 0.25) is 0 Å². The molecule has 2 atom stereocenters. The molecule has 6 nitrogen and oxygen atoms in total. The van der Waals surface area contributed by atoms with Gasteiger partial charge in [0, 0.05) is 13.5 Å². The van der Waals surface area contributed by atoms with E-state index in [1.807, 2.05) is 30.3 Å². The first-order valence-corrected chi connectivity index (χ1v) is 9.08. The zero-order valence-electron chi connectivity index (χ0n) is 16.4. The van der Waals surface area contributed by atoms with Crippen molar-refractivity contribution in [1.82, 2.24) is 10.2 Å². The zero-order chi connectivity index (χ0) is 20.8. The van der Waals surface area contributed by atoms with Crippen molar-refractivity contribution in [3.8, 4) is 12.8 Å². The summed E-state index contributed by atoms with van der Waals surface area (Å²) in [6.07, 6.45) is 10.7. The largest absolute Gasteiger partial charge is 0.480 e. The highest BCUT2D eigenvalue weighted by molar-refractivity contribution is 5.91. The lowest BCUT2D eigenvalue weighted by atomic mass is 10.0. The maximum Gasteiger partial charge on any atom is 0.326 e. The molecular formula is C21H30N2O4. The van der Waals surface area contributed by atoms with Gasteiger partial charge in [-0.1, -0.05) is 50.6 Å². The van der Waals surface area contributed by atoms with E-state index in [2.05, 4.69) is 32.0 Å². The zero-order valence-corrected chi connectivity index (χ0v) is 16.4. The average molecular weight is 374 g/mol. The third-order valence-corrected chi connectivity index (χ3v) is 3.83. The molecule has 2 N–H and O–H groups in total. The van der Waals surface area contributed by atoms with Gasteiger partial charge >= 0.3 is 5.97 Å². The Balaban J connectivity index is 0.00000123. The van der Waals surface area contributed by atoms with Gasteiger partial charge in [-0.3, -0.25) is 9.59 Å². The number of carbonyl (C=O) groups excluding carboxylic acids is 2. The first-order chi connectivity index (χ1) is 12.9. The number of benzene rings is 1. The maximum atomic E-state index is 12.2. The molecule has 1 aromatic carbocycles. The molecule has 0 unspecified atom stereocenters. The molecule has 0 radical (unpaired) electrons. The molecule has 0 aromatic heterocycles. The van der Waals surface area contributed by atoms with Gasteiger partial charge in [-0.05, 0) is 24.8 Å². The van der Waals surface area contributed by atoms with Crippen LogP contribution in [0.1, 0.15) is 45.6 Å². The number of amides is 2. The summed E-state index contributed by atoms with van der Waals surface area (Å²) in [4.78, 5) is 36.2. The highest BCUT2D eigenvalue weighted by Crippen LogP contribution is 2.19. The van der Waals surface area contributed by atoms with Crippen molar-refractivity contribution in [2.45, 2.75) is 58.5 Å². The van der Waals surface area contributed by atoms with E-state index >= 15 is 0 Å². The molecule has 2 amide bonds. The van der Waals surface area contributed by atoms with Crippen LogP contribution in [-0.2, 0) is 20.8 Å². The fourth-order valence-electron chi connectivity index (χ4n) is 2.75. The summed E-state index contributed by atoms with van der Waals surface area (Å²) in [6.45, 7) is 5.95. The topological polar surface area (TPSA) is 86.7 Å². The summed E-state index contributed by atoms with van der Waals surface area (Å²) in [5, 5.41) is 12.0. The molecule has 1 aromatic rings. The van der Waals surface area contributed by atoms with Crippen LogP contribution in [-0.4, -0.2) is 46.4 Å². The minimum Gasteiger partial charge on any atom is -0.480 e. The average Bonchev–Trinajstić information content (AvgIpc) is 2.98. The molecule has 0 spiro atoms. The highest BCUT2D eigenvalue weighted by Gasteiger charge is 2.38. The summed E-state index contributed by atoms with van der Waals surface area (Å²) < 4.78 is 0. The van der Waals surface area contributed by atoms with Gasteiger partial charge in [0.2, 0.25) is 11.8 Å². The van der Waals surface area contributed by atoms with Crippen molar-refractivity contribution in [3.63, 3.8) is 0 Å². The summed E-state index contributed by atoms with van der Waals surface area (Å²) in [5.74, 6) is -1.60. The number of nitrogens with zero attached hydrogens (tertiary/aromatic N) is 1. The van der Waals surface area contributed by atoms with Crippen LogP contribution in [0.15, 0.2) is 30.3 Å². The number of carbonyl (C=O) groups is 3.